The van der Waals surface area contributed by atoms with Crippen LogP contribution in [0.15, 0.2) is 0 Å². The van der Waals surface area contributed by atoms with Crippen molar-refractivity contribution in [1.82, 2.24) is 0 Å². The van der Waals surface area contributed by atoms with E-state index in [1.807, 2.05) is 0 Å². The van der Waals surface area contributed by atoms with Gasteiger partial charge in [-0.05, 0) is 32.1 Å². The Balaban J connectivity index is 2.08. The fourth-order valence-electron chi connectivity index (χ4n) is 3.40. The molecule has 1 aliphatic rings. The minimum absolute atomic E-state index is 0.113. The fourth-order valence-corrected chi connectivity index (χ4v) is 3.40. The van der Waals surface area contributed by atoms with Crippen LogP contribution in [-0.2, 0) is 19.1 Å². The largest absolute Gasteiger partial charge is 0.465 e. The smallest absolute Gasteiger partial charge is 0.308 e. The molecule has 0 amide bonds. The molecule has 0 aromatic heterocycles. The summed E-state index contributed by atoms with van der Waals surface area (Å²) in [7, 11) is 0. The standard InChI is InChI=1S/C21H38O4/c1-3-5-7-9-11-15-24-20(22)18-13-14-19(17-18)21(23)25-16-12-10-8-6-4-2/h18-19H,3-17H2,1-2H3. The highest BCUT2D eigenvalue weighted by Gasteiger charge is 2.35. The van der Waals surface area contributed by atoms with Crippen molar-refractivity contribution in [3.05, 3.63) is 0 Å². The van der Waals surface area contributed by atoms with Gasteiger partial charge in [0.05, 0.1) is 25.0 Å². The normalized spacial score (nSPS) is 19.8. The van der Waals surface area contributed by atoms with Crippen LogP contribution in [0.3, 0.4) is 0 Å². The van der Waals surface area contributed by atoms with Gasteiger partial charge in [0.15, 0.2) is 0 Å². The zero-order chi connectivity index (χ0) is 18.3. The van der Waals surface area contributed by atoms with Crippen LogP contribution in [0.2, 0.25) is 0 Å². The molecule has 0 spiro atoms. The van der Waals surface area contributed by atoms with Gasteiger partial charge in [-0.15, -0.1) is 0 Å². The number of hydrogen-bond donors (Lipinski definition) is 0. The van der Waals surface area contributed by atoms with Gasteiger partial charge in [-0.25, -0.2) is 0 Å². The molecule has 0 aromatic carbocycles. The number of ether oxygens (including phenoxy) is 2. The van der Waals surface area contributed by atoms with Crippen LogP contribution in [0.25, 0.3) is 0 Å². The Hall–Kier alpha value is -1.06. The topological polar surface area (TPSA) is 52.6 Å². The number of rotatable bonds is 14. The molecular formula is C21H38O4. The lowest BCUT2D eigenvalue weighted by atomic mass is 10.1. The molecule has 1 fully saturated rings. The zero-order valence-corrected chi connectivity index (χ0v) is 16.4. The summed E-state index contributed by atoms with van der Waals surface area (Å²) in [6.45, 7) is 5.42. The van der Waals surface area contributed by atoms with Gasteiger partial charge in [0.25, 0.3) is 0 Å². The number of carbonyl (C=O) groups is 2. The predicted molar refractivity (Wildman–Crippen MR) is 100 cm³/mol. The van der Waals surface area contributed by atoms with Gasteiger partial charge >= 0.3 is 11.9 Å². The maximum atomic E-state index is 12.1. The van der Waals surface area contributed by atoms with E-state index in [0.717, 1.165) is 38.5 Å². The highest BCUT2D eigenvalue weighted by molar-refractivity contribution is 5.77. The van der Waals surface area contributed by atoms with Gasteiger partial charge in [-0.1, -0.05) is 65.2 Å². The lowest BCUT2D eigenvalue weighted by Crippen LogP contribution is -2.19. The van der Waals surface area contributed by atoms with Crippen molar-refractivity contribution < 1.29 is 19.1 Å². The first-order chi connectivity index (χ1) is 12.2. The van der Waals surface area contributed by atoms with Gasteiger partial charge in [0.1, 0.15) is 0 Å². The van der Waals surface area contributed by atoms with Gasteiger partial charge < -0.3 is 9.47 Å². The molecule has 0 aromatic rings. The van der Waals surface area contributed by atoms with Gasteiger partial charge in [0, 0.05) is 0 Å². The van der Waals surface area contributed by atoms with Crippen molar-refractivity contribution in [3.8, 4) is 0 Å². The van der Waals surface area contributed by atoms with Gasteiger partial charge in [0.2, 0.25) is 0 Å². The molecule has 1 aliphatic carbocycles. The molecule has 2 atom stereocenters. The number of unbranched alkanes of at least 4 members (excludes halogenated alkanes) is 8. The van der Waals surface area contributed by atoms with E-state index in [0.29, 0.717) is 19.6 Å². The third kappa shape index (κ3) is 9.86. The summed E-state index contributed by atoms with van der Waals surface area (Å²) < 4.78 is 10.8. The van der Waals surface area contributed by atoms with E-state index >= 15 is 0 Å². The number of esters is 2. The SMILES string of the molecule is CCCCCCCOC(=O)C1CCC(C(=O)OCCCCCCC)C1. The molecule has 1 saturated carbocycles. The van der Waals surface area contributed by atoms with Crippen LogP contribution in [-0.4, -0.2) is 25.2 Å². The second kappa shape index (κ2) is 14.1. The van der Waals surface area contributed by atoms with E-state index in [1.54, 1.807) is 0 Å². The van der Waals surface area contributed by atoms with E-state index < -0.39 is 0 Å². The maximum absolute atomic E-state index is 12.1. The summed E-state index contributed by atoms with van der Waals surface area (Å²) in [4.78, 5) is 24.2. The summed E-state index contributed by atoms with van der Waals surface area (Å²) in [6.07, 6.45) is 13.6. The van der Waals surface area contributed by atoms with Crippen molar-refractivity contribution in [1.29, 1.82) is 0 Å². The van der Waals surface area contributed by atoms with E-state index in [2.05, 4.69) is 13.8 Å². The Morgan fingerprint density at radius 3 is 1.48 bits per heavy atom. The second-order valence-corrected chi connectivity index (χ2v) is 7.37. The fraction of sp³-hybridized carbons (Fsp3) is 0.905. The number of carbonyl (C=O) groups excluding carboxylic acids is 2. The molecule has 0 aliphatic heterocycles. The molecule has 1 rings (SSSR count). The van der Waals surface area contributed by atoms with Crippen molar-refractivity contribution in [3.63, 3.8) is 0 Å². The molecule has 0 heterocycles. The molecule has 0 radical (unpaired) electrons. The summed E-state index contributed by atoms with van der Waals surface area (Å²) in [5.41, 5.74) is 0. The zero-order valence-electron chi connectivity index (χ0n) is 16.4. The Morgan fingerprint density at radius 2 is 1.08 bits per heavy atom. The Morgan fingerprint density at radius 1 is 0.680 bits per heavy atom. The molecule has 146 valence electrons. The van der Waals surface area contributed by atoms with Gasteiger partial charge in [-0.3, -0.25) is 9.59 Å². The first-order valence-electron chi connectivity index (χ1n) is 10.5. The van der Waals surface area contributed by atoms with Crippen LogP contribution in [0.1, 0.15) is 97.3 Å². The van der Waals surface area contributed by atoms with Crippen molar-refractivity contribution in [2.75, 3.05) is 13.2 Å². The van der Waals surface area contributed by atoms with E-state index in [1.165, 1.54) is 38.5 Å². The summed E-state index contributed by atoms with van der Waals surface area (Å²) in [6, 6.07) is 0. The van der Waals surface area contributed by atoms with Crippen molar-refractivity contribution >= 4 is 11.9 Å². The minimum Gasteiger partial charge on any atom is -0.465 e. The van der Waals surface area contributed by atoms with Crippen LogP contribution in [0.5, 0.6) is 0 Å². The lowest BCUT2D eigenvalue weighted by molar-refractivity contribution is -0.150. The van der Waals surface area contributed by atoms with Crippen LogP contribution >= 0.6 is 0 Å². The molecular weight excluding hydrogens is 316 g/mol. The first kappa shape index (κ1) is 22.0. The molecule has 0 N–H and O–H groups in total. The predicted octanol–water partition coefficient (Wildman–Crippen LogP) is 5.43. The Bertz CT molecular complexity index is 333. The number of hydrogen-bond acceptors (Lipinski definition) is 4. The average molecular weight is 355 g/mol. The monoisotopic (exact) mass is 354 g/mol. The molecule has 4 heteroatoms. The van der Waals surface area contributed by atoms with Crippen LogP contribution in [0.4, 0.5) is 0 Å². The highest BCUT2D eigenvalue weighted by Crippen LogP contribution is 2.32. The quantitative estimate of drug-likeness (QED) is 0.308. The molecule has 0 saturated heterocycles. The maximum Gasteiger partial charge on any atom is 0.308 e. The summed E-state index contributed by atoms with van der Waals surface area (Å²) in [5.74, 6) is -0.466. The van der Waals surface area contributed by atoms with Crippen molar-refractivity contribution in [2.45, 2.75) is 97.3 Å². The van der Waals surface area contributed by atoms with E-state index in [4.69, 9.17) is 9.47 Å². The average Bonchev–Trinajstić information content (AvgIpc) is 3.11. The Kier molecular flexibility index (Phi) is 12.4. The molecule has 2 unspecified atom stereocenters. The lowest BCUT2D eigenvalue weighted by Gasteiger charge is -2.11. The van der Waals surface area contributed by atoms with Gasteiger partial charge in [-0.2, -0.15) is 0 Å². The second-order valence-electron chi connectivity index (χ2n) is 7.37. The van der Waals surface area contributed by atoms with E-state index in [9.17, 15) is 9.59 Å². The van der Waals surface area contributed by atoms with Crippen LogP contribution < -0.4 is 0 Å². The third-order valence-electron chi connectivity index (χ3n) is 5.08. The third-order valence-corrected chi connectivity index (χ3v) is 5.08. The minimum atomic E-state index is -0.120. The molecule has 0 bridgehead atoms. The summed E-state index contributed by atoms with van der Waals surface area (Å²) in [5, 5.41) is 0. The first-order valence-corrected chi connectivity index (χ1v) is 10.5. The molecule has 25 heavy (non-hydrogen) atoms. The molecule has 4 nitrogen and oxygen atoms in total. The summed E-state index contributed by atoms with van der Waals surface area (Å²) >= 11 is 0. The van der Waals surface area contributed by atoms with E-state index in [-0.39, 0.29) is 23.8 Å². The highest BCUT2D eigenvalue weighted by atomic mass is 16.5. The Labute approximate surface area is 154 Å². The van der Waals surface area contributed by atoms with Crippen molar-refractivity contribution in [2.24, 2.45) is 11.8 Å². The van der Waals surface area contributed by atoms with Crippen LogP contribution in [0, 0.1) is 11.8 Å².